The van der Waals surface area contributed by atoms with E-state index in [9.17, 15) is 0 Å². The highest BCUT2D eigenvalue weighted by Crippen LogP contribution is 2.20. The van der Waals surface area contributed by atoms with Crippen LogP contribution in [0.5, 0.6) is 0 Å². The topological polar surface area (TPSA) is 56.5 Å². The fraction of sp³-hybridized carbons (Fsp3) is 0.462. The van der Waals surface area contributed by atoms with Crippen molar-refractivity contribution in [3.8, 4) is 6.07 Å². The summed E-state index contributed by atoms with van der Waals surface area (Å²) < 4.78 is 5.03. The summed E-state index contributed by atoms with van der Waals surface area (Å²) in [4.78, 5) is 1.96. The Morgan fingerprint density at radius 2 is 2.18 bits per heavy atom. The minimum absolute atomic E-state index is 0.0580. The van der Waals surface area contributed by atoms with Gasteiger partial charge in [-0.2, -0.15) is 5.26 Å². The number of hydrogen-bond acceptors (Lipinski definition) is 4. The Labute approximate surface area is 102 Å². The van der Waals surface area contributed by atoms with Crippen LogP contribution in [0.4, 0.5) is 5.69 Å². The van der Waals surface area contributed by atoms with Crippen LogP contribution in [-0.4, -0.2) is 38.5 Å². The molecule has 0 heterocycles. The molecule has 0 saturated heterocycles. The Balaban J connectivity index is 2.96. The molecule has 1 aromatic rings. The summed E-state index contributed by atoms with van der Waals surface area (Å²) in [5, 5.41) is 18.2. The quantitative estimate of drug-likeness (QED) is 0.806. The third kappa shape index (κ3) is 3.74. The van der Waals surface area contributed by atoms with Crippen molar-refractivity contribution < 1.29 is 9.84 Å². The average molecular weight is 234 g/mol. The molecule has 17 heavy (non-hydrogen) atoms. The van der Waals surface area contributed by atoms with Crippen molar-refractivity contribution in [3.05, 3.63) is 29.3 Å². The normalized spacial score (nSPS) is 10.0. The maximum Gasteiger partial charge on any atom is 0.101 e. The lowest BCUT2D eigenvalue weighted by atomic mass is 10.1. The van der Waals surface area contributed by atoms with Crippen LogP contribution in [0.2, 0.25) is 0 Å². The number of nitriles is 1. The molecular formula is C13H18N2O2. The lowest BCUT2D eigenvalue weighted by molar-refractivity contribution is 0.203. The zero-order valence-corrected chi connectivity index (χ0v) is 10.3. The Kier molecular flexibility index (Phi) is 5.47. The Hall–Kier alpha value is -1.57. The predicted molar refractivity (Wildman–Crippen MR) is 67.1 cm³/mol. The molecule has 92 valence electrons. The van der Waals surface area contributed by atoms with Gasteiger partial charge in [-0.3, -0.25) is 0 Å². The summed E-state index contributed by atoms with van der Waals surface area (Å²) in [6.07, 6.45) is 0. The third-order valence-electron chi connectivity index (χ3n) is 2.55. The molecule has 0 aliphatic heterocycles. The van der Waals surface area contributed by atoms with Crippen molar-refractivity contribution in [2.45, 2.75) is 6.92 Å². The molecule has 1 N–H and O–H groups in total. The average Bonchev–Trinajstić information content (AvgIpc) is 2.34. The number of benzene rings is 1. The maximum atomic E-state index is 9.11. The number of nitrogens with zero attached hydrogens (tertiary/aromatic N) is 2. The first-order valence-corrected chi connectivity index (χ1v) is 5.58. The van der Waals surface area contributed by atoms with E-state index >= 15 is 0 Å². The molecule has 0 unspecified atom stereocenters. The van der Waals surface area contributed by atoms with Crippen molar-refractivity contribution in [3.63, 3.8) is 0 Å². The maximum absolute atomic E-state index is 9.11. The van der Waals surface area contributed by atoms with Crippen molar-refractivity contribution in [2.75, 3.05) is 38.3 Å². The van der Waals surface area contributed by atoms with Crippen molar-refractivity contribution in [2.24, 2.45) is 0 Å². The first-order chi connectivity index (χ1) is 8.22. The van der Waals surface area contributed by atoms with E-state index in [0.29, 0.717) is 25.3 Å². The van der Waals surface area contributed by atoms with Gasteiger partial charge in [-0.1, -0.05) is 6.07 Å². The molecule has 0 radical (unpaired) electrons. The summed E-state index contributed by atoms with van der Waals surface area (Å²) in [6, 6.07) is 7.92. The van der Waals surface area contributed by atoms with Crippen LogP contribution in [0.1, 0.15) is 11.1 Å². The molecule has 1 rings (SSSR count). The molecule has 0 saturated carbocycles. The van der Waals surface area contributed by atoms with Gasteiger partial charge in [0.2, 0.25) is 0 Å². The highest BCUT2D eigenvalue weighted by atomic mass is 16.5. The van der Waals surface area contributed by atoms with Crippen molar-refractivity contribution in [1.29, 1.82) is 5.26 Å². The molecule has 0 spiro atoms. The Bertz CT molecular complexity index is 399. The fourth-order valence-corrected chi connectivity index (χ4v) is 1.69. The predicted octanol–water partition coefficient (Wildman–Crippen LogP) is 1.31. The number of ether oxygens (including phenoxy) is 1. The van der Waals surface area contributed by atoms with Crippen molar-refractivity contribution >= 4 is 5.69 Å². The number of aliphatic hydroxyl groups is 1. The molecule has 4 nitrogen and oxygen atoms in total. The second-order valence-corrected chi connectivity index (χ2v) is 3.84. The standard InChI is InChI=1S/C13H18N2O2/c1-11-3-4-13(12(9-11)10-14)15(5-7-16)6-8-17-2/h3-4,9,16H,5-8H2,1-2H3. The number of rotatable bonds is 6. The zero-order chi connectivity index (χ0) is 12.7. The van der Waals surface area contributed by atoms with Crippen LogP contribution in [-0.2, 0) is 4.74 Å². The largest absolute Gasteiger partial charge is 0.395 e. The van der Waals surface area contributed by atoms with E-state index in [1.54, 1.807) is 7.11 Å². The van der Waals surface area contributed by atoms with Gasteiger partial charge in [0, 0.05) is 20.2 Å². The molecule has 4 heteroatoms. The molecule has 0 aromatic heterocycles. The van der Waals surface area contributed by atoms with Gasteiger partial charge in [-0.25, -0.2) is 0 Å². The summed E-state index contributed by atoms with van der Waals surface area (Å²) in [5.74, 6) is 0. The zero-order valence-electron chi connectivity index (χ0n) is 10.3. The molecule has 0 fully saturated rings. The molecule has 0 atom stereocenters. The Morgan fingerprint density at radius 1 is 1.41 bits per heavy atom. The molecule has 0 aliphatic rings. The number of anilines is 1. The minimum Gasteiger partial charge on any atom is -0.395 e. The monoisotopic (exact) mass is 234 g/mol. The van der Waals surface area contributed by atoms with Crippen LogP contribution in [0, 0.1) is 18.3 Å². The van der Waals surface area contributed by atoms with E-state index in [2.05, 4.69) is 6.07 Å². The number of hydrogen-bond donors (Lipinski definition) is 1. The van der Waals surface area contributed by atoms with E-state index in [-0.39, 0.29) is 6.61 Å². The van der Waals surface area contributed by atoms with E-state index in [1.807, 2.05) is 30.0 Å². The van der Waals surface area contributed by atoms with Crippen molar-refractivity contribution in [1.82, 2.24) is 0 Å². The molecule has 0 aliphatic carbocycles. The summed E-state index contributed by atoms with van der Waals surface area (Å²) in [6.45, 7) is 3.74. The second kappa shape index (κ2) is 6.89. The van der Waals surface area contributed by atoms with Gasteiger partial charge in [0.1, 0.15) is 6.07 Å². The highest BCUT2D eigenvalue weighted by Gasteiger charge is 2.10. The smallest absolute Gasteiger partial charge is 0.101 e. The number of aryl methyl sites for hydroxylation is 1. The van der Waals surface area contributed by atoms with E-state index in [0.717, 1.165) is 11.3 Å². The van der Waals surface area contributed by atoms with E-state index < -0.39 is 0 Å². The third-order valence-corrected chi connectivity index (χ3v) is 2.55. The molecule has 1 aromatic carbocycles. The molecule has 0 amide bonds. The minimum atomic E-state index is 0.0580. The van der Waals surface area contributed by atoms with Gasteiger partial charge < -0.3 is 14.7 Å². The molecular weight excluding hydrogens is 216 g/mol. The van der Waals surface area contributed by atoms with E-state index in [1.165, 1.54) is 0 Å². The number of aliphatic hydroxyl groups excluding tert-OH is 1. The van der Waals surface area contributed by atoms with Gasteiger partial charge in [0.15, 0.2) is 0 Å². The summed E-state index contributed by atoms with van der Waals surface area (Å²) in [7, 11) is 1.64. The SMILES string of the molecule is COCCN(CCO)c1ccc(C)cc1C#N. The molecule has 0 bridgehead atoms. The summed E-state index contributed by atoms with van der Waals surface area (Å²) in [5.41, 5.74) is 2.54. The Morgan fingerprint density at radius 3 is 2.76 bits per heavy atom. The lowest BCUT2D eigenvalue weighted by Crippen LogP contribution is -2.30. The number of methoxy groups -OCH3 is 1. The van der Waals surface area contributed by atoms with Gasteiger partial charge in [-0.15, -0.1) is 0 Å². The summed E-state index contributed by atoms with van der Waals surface area (Å²) >= 11 is 0. The second-order valence-electron chi connectivity index (χ2n) is 3.84. The van der Waals surface area contributed by atoms with Gasteiger partial charge in [0.05, 0.1) is 24.5 Å². The van der Waals surface area contributed by atoms with E-state index in [4.69, 9.17) is 15.1 Å². The lowest BCUT2D eigenvalue weighted by Gasteiger charge is -2.24. The van der Waals surface area contributed by atoms with Gasteiger partial charge in [-0.05, 0) is 24.6 Å². The van der Waals surface area contributed by atoms with Crippen LogP contribution >= 0.6 is 0 Å². The first kappa shape index (κ1) is 13.5. The van der Waals surface area contributed by atoms with Gasteiger partial charge in [0.25, 0.3) is 0 Å². The highest BCUT2D eigenvalue weighted by molar-refractivity contribution is 5.60. The first-order valence-electron chi connectivity index (χ1n) is 5.58. The van der Waals surface area contributed by atoms with Crippen LogP contribution in [0.25, 0.3) is 0 Å². The van der Waals surface area contributed by atoms with Gasteiger partial charge >= 0.3 is 0 Å². The van der Waals surface area contributed by atoms with Crippen LogP contribution in [0.3, 0.4) is 0 Å². The van der Waals surface area contributed by atoms with Crippen LogP contribution in [0.15, 0.2) is 18.2 Å². The fourth-order valence-electron chi connectivity index (χ4n) is 1.69. The van der Waals surface area contributed by atoms with Crippen LogP contribution < -0.4 is 4.90 Å².